The standard InChI is InChI=1S/C12H21N5/c1-9-11(14-8-15-12(9)17-13)16-10-6-4-2-3-5-7-10/h8,10H,2-7,13H2,1H3,(H2,14,15,16,17). The van der Waals surface area contributed by atoms with E-state index in [1.54, 1.807) is 6.33 Å². The number of nitrogen functional groups attached to an aromatic ring is 1. The highest BCUT2D eigenvalue weighted by Gasteiger charge is 2.14. The Kier molecular flexibility index (Phi) is 4.14. The van der Waals surface area contributed by atoms with Gasteiger partial charge < -0.3 is 10.7 Å². The van der Waals surface area contributed by atoms with Crippen molar-refractivity contribution in [1.29, 1.82) is 0 Å². The molecule has 1 aliphatic carbocycles. The van der Waals surface area contributed by atoms with E-state index in [4.69, 9.17) is 5.84 Å². The summed E-state index contributed by atoms with van der Waals surface area (Å²) < 4.78 is 0. The Hall–Kier alpha value is -1.36. The van der Waals surface area contributed by atoms with E-state index in [2.05, 4.69) is 20.7 Å². The lowest BCUT2D eigenvalue weighted by Gasteiger charge is -2.18. The van der Waals surface area contributed by atoms with E-state index in [1.807, 2.05) is 6.92 Å². The number of nitrogens with zero attached hydrogens (tertiary/aromatic N) is 2. The average molecular weight is 235 g/mol. The number of hydrogen-bond acceptors (Lipinski definition) is 5. The highest BCUT2D eigenvalue weighted by Crippen LogP contribution is 2.23. The van der Waals surface area contributed by atoms with Crippen LogP contribution in [0.2, 0.25) is 0 Å². The predicted octanol–water partition coefficient (Wildman–Crippen LogP) is 2.21. The number of aromatic nitrogens is 2. The van der Waals surface area contributed by atoms with Crippen molar-refractivity contribution in [3.05, 3.63) is 11.9 Å². The summed E-state index contributed by atoms with van der Waals surface area (Å²) in [5, 5.41) is 3.52. The molecule has 0 bridgehead atoms. The lowest BCUT2D eigenvalue weighted by Crippen LogP contribution is -2.21. The van der Waals surface area contributed by atoms with Crippen LogP contribution >= 0.6 is 0 Å². The largest absolute Gasteiger partial charge is 0.367 e. The van der Waals surface area contributed by atoms with Gasteiger partial charge in [0.15, 0.2) is 0 Å². The summed E-state index contributed by atoms with van der Waals surface area (Å²) in [6.07, 6.45) is 9.34. The molecule has 1 aliphatic rings. The third-order valence-electron chi connectivity index (χ3n) is 3.42. The lowest BCUT2D eigenvalue weighted by molar-refractivity contribution is 0.617. The molecule has 1 saturated carbocycles. The quantitative estimate of drug-likeness (QED) is 0.425. The predicted molar refractivity (Wildman–Crippen MR) is 69.7 cm³/mol. The van der Waals surface area contributed by atoms with E-state index >= 15 is 0 Å². The molecule has 0 aliphatic heterocycles. The third kappa shape index (κ3) is 3.06. The van der Waals surface area contributed by atoms with Gasteiger partial charge in [-0.15, -0.1) is 0 Å². The van der Waals surface area contributed by atoms with Crippen LogP contribution < -0.4 is 16.6 Å². The second kappa shape index (κ2) is 5.82. The summed E-state index contributed by atoms with van der Waals surface area (Å²) in [5.74, 6) is 7.00. The molecule has 2 rings (SSSR count). The first-order valence-corrected chi connectivity index (χ1v) is 6.36. The molecule has 17 heavy (non-hydrogen) atoms. The Labute approximate surface area is 102 Å². The molecule has 1 heterocycles. The number of anilines is 2. The molecule has 0 saturated heterocycles. The number of nitrogens with two attached hydrogens (primary N) is 1. The van der Waals surface area contributed by atoms with Crippen molar-refractivity contribution in [3.63, 3.8) is 0 Å². The maximum absolute atomic E-state index is 5.41. The van der Waals surface area contributed by atoms with Crippen LogP contribution in [0.25, 0.3) is 0 Å². The molecule has 1 aromatic rings. The van der Waals surface area contributed by atoms with E-state index in [1.165, 1.54) is 38.5 Å². The molecule has 4 N–H and O–H groups in total. The average Bonchev–Trinajstić information content (AvgIpc) is 2.60. The van der Waals surface area contributed by atoms with E-state index in [0.29, 0.717) is 11.9 Å². The summed E-state index contributed by atoms with van der Waals surface area (Å²) in [6, 6.07) is 0.539. The van der Waals surface area contributed by atoms with Crippen molar-refractivity contribution in [2.45, 2.75) is 51.5 Å². The molecule has 0 atom stereocenters. The van der Waals surface area contributed by atoms with Crippen LogP contribution in [0.5, 0.6) is 0 Å². The summed E-state index contributed by atoms with van der Waals surface area (Å²) in [4.78, 5) is 8.38. The topological polar surface area (TPSA) is 75.9 Å². The van der Waals surface area contributed by atoms with Crippen molar-refractivity contribution >= 4 is 11.6 Å². The molecule has 5 heteroatoms. The maximum Gasteiger partial charge on any atom is 0.148 e. The normalized spacial score (nSPS) is 17.5. The first-order valence-electron chi connectivity index (χ1n) is 6.36. The number of hydrogen-bond donors (Lipinski definition) is 3. The van der Waals surface area contributed by atoms with E-state index in [-0.39, 0.29) is 0 Å². The van der Waals surface area contributed by atoms with Crippen LogP contribution in [0.15, 0.2) is 6.33 Å². The van der Waals surface area contributed by atoms with Crippen LogP contribution in [-0.4, -0.2) is 16.0 Å². The van der Waals surface area contributed by atoms with Gasteiger partial charge in [-0.3, -0.25) is 0 Å². The van der Waals surface area contributed by atoms with Crippen molar-refractivity contribution in [2.75, 3.05) is 10.7 Å². The first-order chi connectivity index (χ1) is 8.31. The minimum Gasteiger partial charge on any atom is -0.367 e. The molecular formula is C12H21N5. The van der Waals surface area contributed by atoms with Gasteiger partial charge in [0.2, 0.25) is 0 Å². The van der Waals surface area contributed by atoms with Gasteiger partial charge in [0, 0.05) is 11.6 Å². The second-order valence-electron chi connectivity index (χ2n) is 4.67. The first kappa shape index (κ1) is 12.1. The molecule has 0 radical (unpaired) electrons. The fraction of sp³-hybridized carbons (Fsp3) is 0.667. The van der Waals surface area contributed by atoms with Crippen LogP contribution in [-0.2, 0) is 0 Å². The molecule has 0 aromatic carbocycles. The number of nitrogens with one attached hydrogen (secondary N) is 2. The molecule has 0 amide bonds. The maximum atomic E-state index is 5.41. The van der Waals surface area contributed by atoms with Crippen LogP contribution in [0, 0.1) is 6.92 Å². The smallest absolute Gasteiger partial charge is 0.148 e. The highest BCUT2D eigenvalue weighted by molar-refractivity contribution is 5.56. The zero-order chi connectivity index (χ0) is 12.1. The van der Waals surface area contributed by atoms with Crippen molar-refractivity contribution in [3.8, 4) is 0 Å². The lowest BCUT2D eigenvalue weighted by atomic mass is 10.1. The number of hydrazine groups is 1. The molecule has 1 aromatic heterocycles. The summed E-state index contributed by atoms with van der Waals surface area (Å²) >= 11 is 0. The van der Waals surface area contributed by atoms with Gasteiger partial charge in [-0.05, 0) is 19.8 Å². The molecule has 94 valence electrons. The molecule has 0 unspecified atom stereocenters. The second-order valence-corrected chi connectivity index (χ2v) is 4.67. The van der Waals surface area contributed by atoms with Gasteiger partial charge in [-0.2, -0.15) is 0 Å². The van der Waals surface area contributed by atoms with Gasteiger partial charge in [-0.1, -0.05) is 25.7 Å². The van der Waals surface area contributed by atoms with Gasteiger partial charge in [0.1, 0.15) is 18.0 Å². The van der Waals surface area contributed by atoms with Gasteiger partial charge in [0.25, 0.3) is 0 Å². The van der Waals surface area contributed by atoms with Crippen molar-refractivity contribution in [2.24, 2.45) is 5.84 Å². The Balaban J connectivity index is 2.06. The van der Waals surface area contributed by atoms with E-state index in [9.17, 15) is 0 Å². The zero-order valence-corrected chi connectivity index (χ0v) is 10.4. The summed E-state index contributed by atoms with van der Waals surface area (Å²) in [5.41, 5.74) is 3.58. The van der Waals surface area contributed by atoms with Crippen molar-refractivity contribution < 1.29 is 0 Å². The Morgan fingerprint density at radius 1 is 1.12 bits per heavy atom. The summed E-state index contributed by atoms with van der Waals surface area (Å²) in [7, 11) is 0. The Bertz CT molecular complexity index is 358. The fourth-order valence-electron chi connectivity index (χ4n) is 2.36. The van der Waals surface area contributed by atoms with Crippen LogP contribution in [0.1, 0.15) is 44.1 Å². The molecule has 5 nitrogen and oxygen atoms in total. The Morgan fingerprint density at radius 2 is 1.76 bits per heavy atom. The SMILES string of the molecule is Cc1c(NN)ncnc1NC1CCCCCC1. The monoisotopic (exact) mass is 235 g/mol. The molecular weight excluding hydrogens is 214 g/mol. The Morgan fingerprint density at radius 3 is 2.41 bits per heavy atom. The molecule has 0 spiro atoms. The van der Waals surface area contributed by atoms with Gasteiger partial charge in [0.05, 0.1) is 0 Å². The highest BCUT2D eigenvalue weighted by atomic mass is 15.3. The zero-order valence-electron chi connectivity index (χ0n) is 10.4. The van der Waals surface area contributed by atoms with Crippen LogP contribution in [0.4, 0.5) is 11.6 Å². The summed E-state index contributed by atoms with van der Waals surface area (Å²) in [6.45, 7) is 1.98. The minimum absolute atomic E-state index is 0.539. The van der Waals surface area contributed by atoms with Gasteiger partial charge >= 0.3 is 0 Å². The molecule has 1 fully saturated rings. The van der Waals surface area contributed by atoms with E-state index in [0.717, 1.165) is 11.4 Å². The third-order valence-corrected chi connectivity index (χ3v) is 3.42. The van der Waals surface area contributed by atoms with Crippen molar-refractivity contribution in [1.82, 2.24) is 9.97 Å². The minimum atomic E-state index is 0.539. The fourth-order valence-corrected chi connectivity index (χ4v) is 2.36. The van der Waals surface area contributed by atoms with E-state index < -0.39 is 0 Å². The van der Waals surface area contributed by atoms with Gasteiger partial charge in [-0.25, -0.2) is 15.8 Å². The van der Waals surface area contributed by atoms with Crippen LogP contribution in [0.3, 0.4) is 0 Å². The number of rotatable bonds is 3.